The fourth-order valence-electron chi connectivity index (χ4n) is 0.554. The Morgan fingerprint density at radius 3 is 1.57 bits per heavy atom. The first-order valence-corrected chi connectivity index (χ1v) is 2.24. The van der Waals surface area contributed by atoms with Crippen LogP contribution < -0.4 is 0 Å². The lowest BCUT2D eigenvalue weighted by Crippen LogP contribution is -1.90. The molecule has 0 heterocycles. The molecular formula is C4H8O3. The highest BCUT2D eigenvalue weighted by Gasteiger charge is 2.47. The van der Waals surface area contributed by atoms with Crippen LogP contribution in [0.4, 0.5) is 0 Å². The quantitative estimate of drug-likeness (QED) is 0.373. The van der Waals surface area contributed by atoms with E-state index in [1.165, 1.54) is 0 Å². The van der Waals surface area contributed by atoms with Crippen LogP contribution in [0.15, 0.2) is 0 Å². The third-order valence-corrected chi connectivity index (χ3v) is 1.30. The molecule has 1 rings (SSSR count). The van der Waals surface area contributed by atoms with Gasteiger partial charge in [0.2, 0.25) is 0 Å². The molecule has 7 heavy (non-hydrogen) atoms. The second-order valence-electron chi connectivity index (χ2n) is 1.83. The molecule has 0 radical (unpaired) electrons. The standard InChI is InChI=1S/C4H8O3/c5-1-2-3(6)4(2)7/h2-7H,1H2. The molecule has 0 aromatic carbocycles. The van der Waals surface area contributed by atoms with Gasteiger partial charge in [-0.25, -0.2) is 0 Å². The van der Waals surface area contributed by atoms with Crippen LogP contribution in [0.25, 0.3) is 0 Å². The summed E-state index contributed by atoms with van der Waals surface area (Å²) in [4.78, 5) is 0. The molecule has 0 aromatic heterocycles. The molecule has 0 spiro atoms. The Balaban J connectivity index is 2.24. The third kappa shape index (κ3) is 0.627. The highest BCUT2D eigenvalue weighted by atomic mass is 16.4. The Bertz CT molecular complexity index is 65.3. The van der Waals surface area contributed by atoms with Crippen molar-refractivity contribution in [2.45, 2.75) is 12.2 Å². The molecule has 1 saturated carbocycles. The van der Waals surface area contributed by atoms with Gasteiger partial charge in [-0.15, -0.1) is 0 Å². The Hall–Kier alpha value is -0.120. The van der Waals surface area contributed by atoms with Crippen LogP contribution in [0, 0.1) is 5.92 Å². The average Bonchev–Trinajstić information content (AvgIpc) is 2.17. The molecule has 0 amide bonds. The summed E-state index contributed by atoms with van der Waals surface area (Å²) in [6.07, 6.45) is -1.32. The largest absolute Gasteiger partial charge is 0.396 e. The lowest BCUT2D eigenvalue weighted by atomic mass is 10.4. The Morgan fingerprint density at radius 2 is 1.57 bits per heavy atom. The summed E-state index contributed by atoms with van der Waals surface area (Å²) in [5.41, 5.74) is 0. The number of hydrogen-bond acceptors (Lipinski definition) is 3. The Kier molecular flexibility index (Phi) is 1.03. The van der Waals surface area contributed by atoms with Crippen molar-refractivity contribution in [2.24, 2.45) is 5.92 Å². The smallest absolute Gasteiger partial charge is 0.0879 e. The van der Waals surface area contributed by atoms with Gasteiger partial charge in [0.15, 0.2) is 0 Å². The zero-order chi connectivity index (χ0) is 5.44. The van der Waals surface area contributed by atoms with Crippen molar-refractivity contribution in [2.75, 3.05) is 6.61 Å². The van der Waals surface area contributed by atoms with E-state index in [0.717, 1.165) is 0 Å². The van der Waals surface area contributed by atoms with E-state index in [9.17, 15) is 0 Å². The summed E-state index contributed by atoms with van der Waals surface area (Å²) in [7, 11) is 0. The molecule has 2 atom stereocenters. The first kappa shape index (κ1) is 5.03. The van der Waals surface area contributed by atoms with Gasteiger partial charge in [0.25, 0.3) is 0 Å². The van der Waals surface area contributed by atoms with E-state index in [4.69, 9.17) is 15.3 Å². The zero-order valence-corrected chi connectivity index (χ0v) is 3.78. The summed E-state index contributed by atoms with van der Waals surface area (Å²) in [5.74, 6) is -0.264. The van der Waals surface area contributed by atoms with Gasteiger partial charge in [-0.05, 0) is 0 Å². The number of aliphatic hydroxyl groups is 3. The highest BCUT2D eigenvalue weighted by molar-refractivity contribution is 4.96. The van der Waals surface area contributed by atoms with Crippen LogP contribution in [-0.4, -0.2) is 34.1 Å². The van der Waals surface area contributed by atoms with Crippen LogP contribution in [0.2, 0.25) is 0 Å². The summed E-state index contributed by atoms with van der Waals surface area (Å²) >= 11 is 0. The molecule has 3 nitrogen and oxygen atoms in total. The van der Waals surface area contributed by atoms with Gasteiger partial charge in [0.05, 0.1) is 18.8 Å². The first-order chi connectivity index (χ1) is 3.27. The van der Waals surface area contributed by atoms with Crippen LogP contribution in [-0.2, 0) is 0 Å². The number of rotatable bonds is 1. The minimum atomic E-state index is -0.662. The van der Waals surface area contributed by atoms with E-state index in [0.29, 0.717) is 0 Å². The van der Waals surface area contributed by atoms with Crippen molar-refractivity contribution in [1.82, 2.24) is 0 Å². The first-order valence-electron chi connectivity index (χ1n) is 2.24. The normalized spacial score (nSPS) is 49.3. The fraction of sp³-hybridized carbons (Fsp3) is 1.00. The summed E-state index contributed by atoms with van der Waals surface area (Å²) in [6, 6.07) is 0. The van der Waals surface area contributed by atoms with E-state index >= 15 is 0 Å². The molecule has 0 saturated heterocycles. The summed E-state index contributed by atoms with van der Waals surface area (Å²) < 4.78 is 0. The molecule has 1 aliphatic carbocycles. The van der Waals surface area contributed by atoms with Crippen LogP contribution in [0.1, 0.15) is 0 Å². The van der Waals surface area contributed by atoms with Gasteiger partial charge >= 0.3 is 0 Å². The van der Waals surface area contributed by atoms with Gasteiger partial charge in [-0.1, -0.05) is 0 Å². The Morgan fingerprint density at radius 1 is 1.14 bits per heavy atom. The summed E-state index contributed by atoms with van der Waals surface area (Å²) in [5, 5.41) is 25.2. The lowest BCUT2D eigenvalue weighted by molar-refractivity contribution is 0.180. The van der Waals surface area contributed by atoms with Crippen molar-refractivity contribution in [3.8, 4) is 0 Å². The monoisotopic (exact) mass is 104 g/mol. The zero-order valence-electron chi connectivity index (χ0n) is 3.78. The molecule has 2 unspecified atom stereocenters. The van der Waals surface area contributed by atoms with E-state index in [1.54, 1.807) is 0 Å². The highest BCUT2D eigenvalue weighted by Crippen LogP contribution is 2.29. The van der Waals surface area contributed by atoms with Crippen LogP contribution in [0.5, 0.6) is 0 Å². The van der Waals surface area contributed by atoms with Gasteiger partial charge in [0, 0.05) is 5.92 Å². The van der Waals surface area contributed by atoms with E-state index < -0.39 is 12.2 Å². The van der Waals surface area contributed by atoms with E-state index in [2.05, 4.69) is 0 Å². The van der Waals surface area contributed by atoms with Gasteiger partial charge in [0.1, 0.15) is 0 Å². The maximum absolute atomic E-state index is 8.48. The minimum Gasteiger partial charge on any atom is -0.396 e. The predicted molar refractivity (Wildman–Crippen MR) is 22.6 cm³/mol. The number of hydrogen-bond donors (Lipinski definition) is 3. The maximum Gasteiger partial charge on any atom is 0.0879 e. The SMILES string of the molecule is OCC1C(O)C1O. The van der Waals surface area contributed by atoms with Crippen molar-refractivity contribution < 1.29 is 15.3 Å². The van der Waals surface area contributed by atoms with Gasteiger partial charge in [-0.2, -0.15) is 0 Å². The molecule has 42 valence electrons. The summed E-state index contributed by atoms with van der Waals surface area (Å²) in [6.45, 7) is -0.109. The predicted octanol–water partition coefficient (Wildman–Crippen LogP) is -1.67. The van der Waals surface area contributed by atoms with Crippen molar-refractivity contribution in [1.29, 1.82) is 0 Å². The average molecular weight is 104 g/mol. The van der Waals surface area contributed by atoms with Crippen molar-refractivity contribution in [3.05, 3.63) is 0 Å². The van der Waals surface area contributed by atoms with E-state index in [1.807, 2.05) is 0 Å². The molecule has 0 bridgehead atoms. The lowest BCUT2D eigenvalue weighted by Gasteiger charge is -1.78. The topological polar surface area (TPSA) is 60.7 Å². The molecule has 3 heteroatoms. The molecule has 1 fully saturated rings. The minimum absolute atomic E-state index is 0.109. The number of aliphatic hydroxyl groups excluding tert-OH is 3. The van der Waals surface area contributed by atoms with Gasteiger partial charge < -0.3 is 15.3 Å². The molecular weight excluding hydrogens is 96.0 g/mol. The molecule has 1 aliphatic rings. The van der Waals surface area contributed by atoms with Crippen LogP contribution in [0.3, 0.4) is 0 Å². The third-order valence-electron chi connectivity index (χ3n) is 1.30. The molecule has 3 N–H and O–H groups in total. The second kappa shape index (κ2) is 1.43. The van der Waals surface area contributed by atoms with Crippen molar-refractivity contribution in [3.63, 3.8) is 0 Å². The maximum atomic E-state index is 8.48. The second-order valence-corrected chi connectivity index (χ2v) is 1.83. The van der Waals surface area contributed by atoms with Crippen molar-refractivity contribution >= 4 is 0 Å². The van der Waals surface area contributed by atoms with E-state index in [-0.39, 0.29) is 12.5 Å². The molecule has 0 aliphatic heterocycles. The fourth-order valence-corrected chi connectivity index (χ4v) is 0.554. The Labute approximate surface area is 41.2 Å². The molecule has 0 aromatic rings. The van der Waals surface area contributed by atoms with Gasteiger partial charge in [-0.3, -0.25) is 0 Å². The van der Waals surface area contributed by atoms with Crippen LogP contribution >= 0.6 is 0 Å².